The Morgan fingerprint density at radius 2 is 1.17 bits per heavy atom. The summed E-state index contributed by atoms with van der Waals surface area (Å²) in [6, 6.07) is -3.90. The molecule has 0 spiro atoms. The summed E-state index contributed by atoms with van der Waals surface area (Å²) in [6.45, 7) is -2.09. The van der Waals surface area contributed by atoms with Crippen LogP contribution in [0.1, 0.15) is 0 Å². The second kappa shape index (κ2) is 13.1. The van der Waals surface area contributed by atoms with Crippen LogP contribution in [0.3, 0.4) is 0 Å². The van der Waals surface area contributed by atoms with Gasteiger partial charge in [0.2, 0.25) is 0 Å². The second-order valence-corrected chi connectivity index (χ2v) is 8.43. The van der Waals surface area contributed by atoms with E-state index in [0.29, 0.717) is 0 Å². The van der Waals surface area contributed by atoms with Crippen LogP contribution in [0.2, 0.25) is 0 Å². The molecule has 0 aromatic carbocycles. The molecule has 2 unspecified atom stereocenters. The van der Waals surface area contributed by atoms with E-state index in [1.165, 1.54) is 0 Å². The van der Waals surface area contributed by atoms with Crippen LogP contribution >= 0.6 is 0 Å². The summed E-state index contributed by atoms with van der Waals surface area (Å²) in [6.07, 6.45) is -16.1. The van der Waals surface area contributed by atoms with Crippen LogP contribution in [0.5, 0.6) is 0 Å². The van der Waals surface area contributed by atoms with Gasteiger partial charge < -0.3 is 81.7 Å². The van der Waals surface area contributed by atoms with Gasteiger partial charge in [-0.15, -0.1) is 6.10 Å². The molecule has 208 valence electrons. The first-order valence-electron chi connectivity index (χ1n) is 10.7. The van der Waals surface area contributed by atoms with Crippen molar-refractivity contribution in [3.8, 4) is 0 Å². The predicted octanol–water partition coefficient (Wildman–Crippen LogP) is -7.51. The number of aliphatic hydroxyl groups excluding tert-OH is 8. The van der Waals surface area contributed by atoms with Crippen LogP contribution in [0, 0.1) is 6.10 Å². The van der Waals surface area contributed by atoms with Crippen molar-refractivity contribution in [1.82, 2.24) is 0 Å². The molecule has 3 heterocycles. The molecule has 16 nitrogen and oxygen atoms in total. The summed E-state index contributed by atoms with van der Waals surface area (Å²) >= 11 is 0. The Bertz CT molecular complexity index is 653. The molecule has 14 N–H and O–H groups in total. The standard InChI is InChI=1S/C18H34N3O13.Fe/c19-7-12(27)14(5(2-23)30-16(7)29)33-18-9(21)13(28)15(6(3-24)32-18)34-17-8(20)11(26)10(25)4(1-22)31-17;/h5-18,22-29H,1-3,19-21H2;/q-1;/t5-,6-,7-,8-,9-,10-,11-,12-,13-,14?,15?,16-,17-,18+;/m1./s1. The van der Waals surface area contributed by atoms with E-state index in [1.807, 2.05) is 0 Å². The van der Waals surface area contributed by atoms with Crippen LogP contribution in [-0.4, -0.2) is 147 Å². The maximum Gasteiger partial charge on any atom is 0.176 e. The molecule has 0 saturated carbocycles. The third-order valence-corrected chi connectivity index (χ3v) is 6.19. The molecule has 14 atom stereocenters. The molecule has 0 aromatic heterocycles. The van der Waals surface area contributed by atoms with Crippen LogP contribution in [-0.2, 0) is 40.8 Å². The molecule has 3 saturated heterocycles. The molecule has 3 aliphatic rings. The monoisotopic (exact) mass is 556 g/mol. The van der Waals surface area contributed by atoms with Crippen molar-refractivity contribution in [1.29, 1.82) is 0 Å². The van der Waals surface area contributed by atoms with Gasteiger partial charge in [0.15, 0.2) is 12.6 Å². The first kappa shape index (κ1) is 31.1. The van der Waals surface area contributed by atoms with E-state index in [1.54, 1.807) is 0 Å². The Morgan fingerprint density at radius 1 is 0.686 bits per heavy atom. The summed E-state index contributed by atoms with van der Waals surface area (Å²) in [5.41, 5.74) is 17.6. The molecule has 35 heavy (non-hydrogen) atoms. The summed E-state index contributed by atoms with van der Waals surface area (Å²) in [5, 5.41) is 79.5. The summed E-state index contributed by atoms with van der Waals surface area (Å²) in [4.78, 5) is 0. The normalized spacial score (nSPS) is 49.5. The fraction of sp³-hybridized carbons (Fsp3) is 0.944. The molecule has 0 aliphatic carbocycles. The number of hydrogen-bond donors (Lipinski definition) is 11. The third-order valence-electron chi connectivity index (χ3n) is 6.19. The quantitative estimate of drug-likeness (QED) is 0.103. The SMILES string of the molecule is N[C@H]1[C@@H](OC2[C@@H](CO)O[C@@H](OC3[C@@H](CO)O[C@@H](O)[C@H](N)[C@H]3O)[C@H](N)[C@H]2O)O[C-](CO)[C@@H](O)[C@@H]1O.[Fe]. The number of ether oxygens (including phenoxy) is 5. The first-order valence-corrected chi connectivity index (χ1v) is 10.7. The van der Waals surface area contributed by atoms with Crippen molar-refractivity contribution in [2.45, 2.75) is 85.8 Å². The zero-order valence-corrected chi connectivity index (χ0v) is 19.5. The number of aliphatic hydroxyl groups is 8. The predicted molar refractivity (Wildman–Crippen MR) is 107 cm³/mol. The second-order valence-electron chi connectivity index (χ2n) is 8.43. The van der Waals surface area contributed by atoms with E-state index in [4.69, 9.17) is 40.9 Å². The van der Waals surface area contributed by atoms with E-state index >= 15 is 0 Å². The molecule has 3 rings (SSSR count). The topological polar surface area (TPSA) is 286 Å². The van der Waals surface area contributed by atoms with Gasteiger partial charge in [0.1, 0.15) is 42.9 Å². The van der Waals surface area contributed by atoms with E-state index < -0.39 is 106 Å². The minimum atomic E-state index is -1.57. The van der Waals surface area contributed by atoms with E-state index in [0.717, 1.165) is 0 Å². The Kier molecular flexibility index (Phi) is 11.6. The minimum Gasteiger partial charge on any atom is -0.521 e. The molecule has 3 fully saturated rings. The Morgan fingerprint density at radius 3 is 1.71 bits per heavy atom. The maximum atomic E-state index is 10.8. The van der Waals surface area contributed by atoms with Gasteiger partial charge in [0.25, 0.3) is 0 Å². The molecule has 0 radical (unpaired) electrons. The first-order chi connectivity index (χ1) is 16.0. The van der Waals surface area contributed by atoms with Crippen molar-refractivity contribution in [3.63, 3.8) is 0 Å². The number of rotatable bonds is 7. The maximum absolute atomic E-state index is 10.8. The molecule has 0 amide bonds. The molecular weight excluding hydrogens is 522 g/mol. The van der Waals surface area contributed by atoms with E-state index in [9.17, 15) is 40.9 Å². The minimum absolute atomic E-state index is 0. The fourth-order valence-corrected chi connectivity index (χ4v) is 4.07. The fourth-order valence-electron chi connectivity index (χ4n) is 4.07. The van der Waals surface area contributed by atoms with Gasteiger partial charge in [0.05, 0.1) is 37.4 Å². The van der Waals surface area contributed by atoms with E-state index in [2.05, 4.69) is 0 Å². The van der Waals surface area contributed by atoms with Crippen molar-refractivity contribution in [3.05, 3.63) is 6.10 Å². The Balaban J connectivity index is 0.00000432. The number of nitrogens with two attached hydrogens (primary N) is 3. The summed E-state index contributed by atoms with van der Waals surface area (Å²) < 4.78 is 27.3. The van der Waals surface area contributed by atoms with Crippen LogP contribution in [0.4, 0.5) is 0 Å². The van der Waals surface area contributed by atoms with Gasteiger partial charge in [-0.2, -0.15) is 0 Å². The Hall–Kier alpha value is -0.121. The third kappa shape index (κ3) is 6.31. The van der Waals surface area contributed by atoms with E-state index in [-0.39, 0.29) is 23.2 Å². The molecular formula is C18H34FeN3O13-. The van der Waals surface area contributed by atoms with Crippen molar-refractivity contribution in [2.24, 2.45) is 17.2 Å². The van der Waals surface area contributed by atoms with Gasteiger partial charge in [0, 0.05) is 17.1 Å². The zero-order valence-electron chi connectivity index (χ0n) is 18.4. The van der Waals surface area contributed by atoms with Crippen molar-refractivity contribution in [2.75, 3.05) is 19.8 Å². The van der Waals surface area contributed by atoms with Crippen LogP contribution < -0.4 is 17.2 Å². The van der Waals surface area contributed by atoms with Crippen molar-refractivity contribution >= 4 is 0 Å². The molecule has 3 aliphatic heterocycles. The molecule has 0 bridgehead atoms. The Labute approximate surface area is 210 Å². The average Bonchev–Trinajstić information content (AvgIpc) is 2.83. The van der Waals surface area contributed by atoms with Crippen molar-refractivity contribution < 1.29 is 81.6 Å². The van der Waals surface area contributed by atoms with Gasteiger partial charge in [-0.05, 0) is 6.10 Å². The van der Waals surface area contributed by atoms with Gasteiger partial charge >= 0.3 is 0 Å². The zero-order chi connectivity index (χ0) is 25.3. The van der Waals surface area contributed by atoms with Crippen LogP contribution in [0.15, 0.2) is 0 Å². The number of hydrogen-bond acceptors (Lipinski definition) is 16. The smallest absolute Gasteiger partial charge is 0.176 e. The average molecular weight is 556 g/mol. The van der Waals surface area contributed by atoms with Gasteiger partial charge in [-0.1, -0.05) is 6.61 Å². The van der Waals surface area contributed by atoms with Gasteiger partial charge in [-0.3, -0.25) is 0 Å². The van der Waals surface area contributed by atoms with Crippen LogP contribution in [0.25, 0.3) is 0 Å². The molecule has 17 heteroatoms. The molecule has 0 aromatic rings. The largest absolute Gasteiger partial charge is 0.521 e. The summed E-state index contributed by atoms with van der Waals surface area (Å²) in [7, 11) is 0. The summed E-state index contributed by atoms with van der Waals surface area (Å²) in [5.74, 6) is 0. The van der Waals surface area contributed by atoms with Gasteiger partial charge in [-0.25, -0.2) is 0 Å².